The monoisotopic (exact) mass is 493 g/mol. The van der Waals surface area contributed by atoms with Crippen LogP contribution in [0.15, 0.2) is 52.4 Å². The molecule has 0 fully saturated rings. The molecule has 0 saturated carbocycles. The lowest BCUT2D eigenvalue weighted by Gasteiger charge is -2.15. The predicted octanol–water partition coefficient (Wildman–Crippen LogP) is 4.13. The number of alkyl halides is 3. The Kier molecular flexibility index (Phi) is 7.30. The van der Waals surface area contributed by atoms with E-state index >= 15 is 0 Å². The van der Waals surface area contributed by atoms with Gasteiger partial charge in [0.15, 0.2) is 0 Å². The number of hydrogen-bond donors (Lipinski definition) is 3. The Morgan fingerprint density at radius 3 is 2.48 bits per heavy atom. The number of halogens is 4. The SMILES string of the molecule is O=C(NCCCNS(=O)(=O)C(F)(F)F)c1ccc2c(c1)[SH](Cc1ccc(Cl)cc1)C=N2. The van der Waals surface area contributed by atoms with Gasteiger partial charge in [-0.2, -0.15) is 24.1 Å². The van der Waals surface area contributed by atoms with E-state index in [-0.39, 0.29) is 13.0 Å². The number of thiol groups is 1. The summed E-state index contributed by atoms with van der Waals surface area (Å²) in [6, 6.07) is 12.7. The number of carbonyl (C=O) groups excluding carboxylic acids is 1. The molecule has 1 unspecified atom stereocenters. The van der Waals surface area contributed by atoms with Crippen LogP contribution in [0.4, 0.5) is 18.9 Å². The van der Waals surface area contributed by atoms with Crippen molar-refractivity contribution in [2.24, 2.45) is 4.99 Å². The van der Waals surface area contributed by atoms with Crippen molar-refractivity contribution < 1.29 is 26.4 Å². The van der Waals surface area contributed by atoms with Gasteiger partial charge in [0.2, 0.25) is 0 Å². The molecule has 0 aromatic heterocycles. The van der Waals surface area contributed by atoms with E-state index in [4.69, 9.17) is 11.6 Å². The molecule has 0 saturated heterocycles. The van der Waals surface area contributed by atoms with Crippen LogP contribution in [-0.4, -0.2) is 38.5 Å². The maximum atomic E-state index is 12.4. The summed E-state index contributed by atoms with van der Waals surface area (Å²) < 4.78 is 60.0. The number of nitrogens with zero attached hydrogens (tertiary/aromatic N) is 1. The number of aliphatic imine (C=N–C) groups is 1. The summed E-state index contributed by atoms with van der Waals surface area (Å²) in [4.78, 5) is 17.8. The number of hydrogen-bond acceptors (Lipinski definition) is 4. The molecule has 1 heterocycles. The third kappa shape index (κ3) is 6.00. The highest BCUT2D eigenvalue weighted by Gasteiger charge is 2.45. The number of amides is 1. The summed E-state index contributed by atoms with van der Waals surface area (Å²) in [5.41, 5.74) is -1.15. The van der Waals surface area contributed by atoms with Crippen LogP contribution >= 0.6 is 22.5 Å². The molecule has 1 aliphatic heterocycles. The number of fused-ring (bicyclic) bond motifs is 1. The molecule has 168 valence electrons. The molecule has 3 rings (SSSR count). The third-order valence-corrected chi connectivity index (χ3v) is 7.91. The summed E-state index contributed by atoms with van der Waals surface area (Å²) in [5.74, 6) is 0.364. The van der Waals surface area contributed by atoms with Crippen LogP contribution in [0.1, 0.15) is 22.3 Å². The first kappa shape index (κ1) is 23.6. The molecule has 12 heteroatoms. The van der Waals surface area contributed by atoms with Gasteiger partial charge in [-0.05, 0) is 42.3 Å². The largest absolute Gasteiger partial charge is 0.511 e. The molecular weight excluding hydrogens is 475 g/mol. The summed E-state index contributed by atoms with van der Waals surface area (Å²) >= 11 is 5.92. The molecule has 31 heavy (non-hydrogen) atoms. The first-order valence-electron chi connectivity index (χ1n) is 9.10. The van der Waals surface area contributed by atoms with E-state index in [1.165, 1.54) is 4.72 Å². The topological polar surface area (TPSA) is 87.6 Å². The van der Waals surface area contributed by atoms with Crippen molar-refractivity contribution in [2.75, 3.05) is 13.1 Å². The van der Waals surface area contributed by atoms with Crippen LogP contribution in [0.2, 0.25) is 5.02 Å². The maximum Gasteiger partial charge on any atom is 0.511 e. The zero-order valence-corrected chi connectivity index (χ0v) is 18.5. The summed E-state index contributed by atoms with van der Waals surface area (Å²) in [6.45, 7) is -0.418. The van der Waals surface area contributed by atoms with Crippen LogP contribution < -0.4 is 10.0 Å². The lowest BCUT2D eigenvalue weighted by atomic mass is 10.2. The second-order valence-corrected chi connectivity index (χ2v) is 10.8. The highest BCUT2D eigenvalue weighted by molar-refractivity contribution is 8.28. The highest BCUT2D eigenvalue weighted by Crippen LogP contribution is 2.48. The normalized spacial score (nSPS) is 16.8. The number of sulfonamides is 1. The number of benzene rings is 2. The molecule has 0 aliphatic carbocycles. The van der Waals surface area contributed by atoms with Crippen molar-refractivity contribution in [3.8, 4) is 0 Å². The van der Waals surface area contributed by atoms with Gasteiger partial charge in [0, 0.05) is 39.9 Å². The second-order valence-electron chi connectivity index (χ2n) is 6.66. The molecule has 1 amide bonds. The minimum Gasteiger partial charge on any atom is -0.352 e. The van der Waals surface area contributed by atoms with Gasteiger partial charge >= 0.3 is 15.5 Å². The van der Waals surface area contributed by atoms with Crippen molar-refractivity contribution in [3.63, 3.8) is 0 Å². The van der Waals surface area contributed by atoms with Crippen LogP contribution in [0.3, 0.4) is 0 Å². The quantitative estimate of drug-likeness (QED) is 0.381. The average molecular weight is 494 g/mol. The summed E-state index contributed by atoms with van der Waals surface area (Å²) in [7, 11) is -6.10. The number of nitrogens with one attached hydrogen (secondary N) is 2. The first-order valence-corrected chi connectivity index (χ1v) is 12.6. The molecule has 2 aromatic rings. The Morgan fingerprint density at radius 2 is 1.81 bits per heavy atom. The predicted molar refractivity (Wildman–Crippen MR) is 117 cm³/mol. The molecule has 1 atom stereocenters. The molecule has 2 aromatic carbocycles. The van der Waals surface area contributed by atoms with Crippen LogP contribution in [0.25, 0.3) is 0 Å². The van der Waals surface area contributed by atoms with Crippen molar-refractivity contribution in [1.29, 1.82) is 0 Å². The van der Waals surface area contributed by atoms with E-state index in [2.05, 4.69) is 10.3 Å². The van der Waals surface area contributed by atoms with E-state index in [1.54, 1.807) is 18.2 Å². The minimum absolute atomic E-state index is 0.0123. The summed E-state index contributed by atoms with van der Waals surface area (Å²) in [6.07, 6.45) is 0.0123. The van der Waals surface area contributed by atoms with Crippen LogP contribution in [0, 0.1) is 0 Å². The molecular formula is C19H19ClF3N3O3S2. The average Bonchev–Trinajstić information content (AvgIpc) is 3.10. The van der Waals surface area contributed by atoms with E-state index in [9.17, 15) is 26.4 Å². The highest BCUT2D eigenvalue weighted by atomic mass is 35.5. The van der Waals surface area contributed by atoms with Gasteiger partial charge in [-0.3, -0.25) is 9.79 Å². The standard InChI is InChI=1S/C19H19ClF3N3O3S2/c20-15-5-2-13(3-6-15)11-30-12-25-16-7-4-14(10-17(16)30)18(27)24-8-1-9-26-31(28,29)19(21,22)23/h2-7,10,12,26,30H,1,8-9,11H2,(H,24,27). The van der Waals surface area contributed by atoms with Gasteiger partial charge in [-0.1, -0.05) is 23.7 Å². The van der Waals surface area contributed by atoms with Crippen LogP contribution in [0.5, 0.6) is 0 Å². The van der Waals surface area contributed by atoms with Gasteiger partial charge in [0.1, 0.15) is 0 Å². The second kappa shape index (κ2) is 9.60. The molecule has 6 nitrogen and oxygen atoms in total. The van der Waals surface area contributed by atoms with E-state index < -0.39 is 38.9 Å². The van der Waals surface area contributed by atoms with Crippen LogP contribution in [-0.2, 0) is 15.8 Å². The molecule has 2 N–H and O–H groups in total. The molecule has 1 aliphatic rings. The van der Waals surface area contributed by atoms with E-state index in [0.717, 1.165) is 21.9 Å². The summed E-state index contributed by atoms with van der Waals surface area (Å²) in [5, 5.41) is 3.24. The van der Waals surface area contributed by atoms with Crippen molar-refractivity contribution in [3.05, 3.63) is 58.6 Å². The number of carbonyl (C=O) groups is 1. The number of rotatable bonds is 8. The van der Waals surface area contributed by atoms with E-state index in [1.807, 2.05) is 29.8 Å². The third-order valence-electron chi connectivity index (χ3n) is 4.39. The smallest absolute Gasteiger partial charge is 0.352 e. The minimum atomic E-state index is -5.37. The van der Waals surface area contributed by atoms with Gasteiger partial charge in [0.25, 0.3) is 5.91 Å². The van der Waals surface area contributed by atoms with Gasteiger partial charge < -0.3 is 5.32 Å². The first-order chi connectivity index (χ1) is 14.6. The zero-order valence-electron chi connectivity index (χ0n) is 16.0. The Labute approximate surface area is 185 Å². The van der Waals surface area contributed by atoms with Crippen molar-refractivity contribution in [2.45, 2.75) is 22.6 Å². The Morgan fingerprint density at radius 1 is 1.10 bits per heavy atom. The lowest BCUT2D eigenvalue weighted by molar-refractivity contribution is -0.0447. The van der Waals surface area contributed by atoms with Crippen molar-refractivity contribution >= 4 is 49.7 Å². The Bertz CT molecular complexity index is 1090. The van der Waals surface area contributed by atoms with Gasteiger partial charge in [0.05, 0.1) is 5.69 Å². The Balaban J connectivity index is 1.54. The van der Waals surface area contributed by atoms with Gasteiger partial charge in [-0.15, -0.1) is 0 Å². The lowest BCUT2D eigenvalue weighted by Crippen LogP contribution is -2.38. The Hall–Kier alpha value is -2.08. The zero-order chi connectivity index (χ0) is 22.6. The van der Waals surface area contributed by atoms with Crippen molar-refractivity contribution in [1.82, 2.24) is 10.0 Å². The maximum absolute atomic E-state index is 12.4. The molecule has 0 bridgehead atoms. The fourth-order valence-electron chi connectivity index (χ4n) is 2.79. The van der Waals surface area contributed by atoms with E-state index in [0.29, 0.717) is 10.6 Å². The fraction of sp³-hybridized carbons (Fsp3) is 0.263. The molecule has 0 radical (unpaired) electrons. The fourth-order valence-corrected chi connectivity index (χ4v) is 5.47. The van der Waals surface area contributed by atoms with Gasteiger partial charge in [-0.25, -0.2) is 13.1 Å². The molecule has 0 spiro atoms.